The number of sulfonamides is 1. The highest BCUT2D eigenvalue weighted by atomic mass is 32.2. The highest BCUT2D eigenvalue weighted by molar-refractivity contribution is 7.89. The molecule has 3 N–H and O–H groups in total. The summed E-state index contributed by atoms with van der Waals surface area (Å²) in [5.74, 6) is 0.0140. The molecule has 1 aliphatic rings. The molecular weight excluding hydrogens is 326 g/mol. The minimum Gasteiger partial charge on any atom is -0.352 e. The van der Waals surface area contributed by atoms with E-state index in [0.29, 0.717) is 38.8 Å². The molecule has 7 heteroatoms. The van der Waals surface area contributed by atoms with Gasteiger partial charge in [0, 0.05) is 19.1 Å². The summed E-state index contributed by atoms with van der Waals surface area (Å²) in [5.41, 5.74) is 7.01. The van der Waals surface area contributed by atoms with Crippen molar-refractivity contribution in [1.82, 2.24) is 9.62 Å². The van der Waals surface area contributed by atoms with Crippen molar-refractivity contribution in [2.75, 3.05) is 18.8 Å². The molecule has 0 aliphatic carbocycles. The highest BCUT2D eigenvalue weighted by Gasteiger charge is 2.28. The van der Waals surface area contributed by atoms with E-state index in [1.807, 2.05) is 37.3 Å². The fraction of sp³-hybridized carbons (Fsp3) is 0.588. The molecule has 0 saturated carbocycles. The van der Waals surface area contributed by atoms with Crippen molar-refractivity contribution >= 4 is 15.9 Å². The average Bonchev–Trinajstić information content (AvgIpc) is 2.56. The predicted octanol–water partition coefficient (Wildman–Crippen LogP) is 0.877. The molecule has 0 bridgehead atoms. The van der Waals surface area contributed by atoms with E-state index >= 15 is 0 Å². The SMILES string of the molecule is CCCS(=O)(=O)N1CCC(NC(=O)C(N)Cc2ccccc2)CC1. The van der Waals surface area contributed by atoms with Crippen LogP contribution in [0.15, 0.2) is 30.3 Å². The Bertz CT molecular complexity index is 626. The summed E-state index contributed by atoms with van der Waals surface area (Å²) in [6.07, 6.45) is 2.38. The Morgan fingerprint density at radius 1 is 1.29 bits per heavy atom. The third kappa shape index (κ3) is 5.29. The van der Waals surface area contributed by atoms with Crippen LogP contribution in [-0.2, 0) is 21.2 Å². The normalized spacial score (nSPS) is 18.2. The second kappa shape index (κ2) is 8.60. The molecule has 0 radical (unpaired) electrons. The topological polar surface area (TPSA) is 92.5 Å². The van der Waals surface area contributed by atoms with E-state index in [-0.39, 0.29) is 17.7 Å². The molecule has 1 atom stereocenters. The van der Waals surface area contributed by atoms with Crippen molar-refractivity contribution in [3.63, 3.8) is 0 Å². The summed E-state index contributed by atoms with van der Waals surface area (Å²) in [5, 5.41) is 2.96. The molecule has 0 aromatic heterocycles. The van der Waals surface area contributed by atoms with E-state index in [1.165, 1.54) is 4.31 Å². The summed E-state index contributed by atoms with van der Waals surface area (Å²) in [4.78, 5) is 12.2. The first-order chi connectivity index (χ1) is 11.4. The van der Waals surface area contributed by atoms with E-state index in [4.69, 9.17) is 5.73 Å². The Balaban J connectivity index is 1.80. The molecule has 1 heterocycles. The fourth-order valence-corrected chi connectivity index (χ4v) is 4.48. The zero-order valence-electron chi connectivity index (χ0n) is 14.1. The maximum atomic E-state index is 12.2. The lowest BCUT2D eigenvalue weighted by molar-refractivity contribution is -0.123. The predicted molar refractivity (Wildman–Crippen MR) is 94.9 cm³/mol. The third-order valence-electron chi connectivity index (χ3n) is 4.29. The van der Waals surface area contributed by atoms with Crippen LogP contribution in [0, 0.1) is 0 Å². The van der Waals surface area contributed by atoms with Crippen LogP contribution in [0.2, 0.25) is 0 Å². The zero-order valence-corrected chi connectivity index (χ0v) is 15.0. The van der Waals surface area contributed by atoms with Crippen LogP contribution < -0.4 is 11.1 Å². The van der Waals surface area contributed by atoms with Gasteiger partial charge in [-0.15, -0.1) is 0 Å². The van der Waals surface area contributed by atoms with E-state index in [2.05, 4.69) is 5.32 Å². The van der Waals surface area contributed by atoms with Gasteiger partial charge in [-0.2, -0.15) is 0 Å². The van der Waals surface area contributed by atoms with Gasteiger partial charge in [0.2, 0.25) is 15.9 Å². The lowest BCUT2D eigenvalue weighted by Crippen LogP contribution is -2.51. The Morgan fingerprint density at radius 3 is 2.50 bits per heavy atom. The number of nitrogens with one attached hydrogen (secondary N) is 1. The average molecular weight is 353 g/mol. The maximum absolute atomic E-state index is 12.2. The number of rotatable bonds is 7. The highest BCUT2D eigenvalue weighted by Crippen LogP contribution is 2.15. The molecule has 24 heavy (non-hydrogen) atoms. The Hall–Kier alpha value is -1.44. The van der Waals surface area contributed by atoms with Crippen LogP contribution in [0.4, 0.5) is 0 Å². The fourth-order valence-electron chi connectivity index (χ4n) is 2.93. The van der Waals surface area contributed by atoms with Crippen LogP contribution in [0.1, 0.15) is 31.7 Å². The smallest absolute Gasteiger partial charge is 0.237 e. The van der Waals surface area contributed by atoms with Gasteiger partial charge in [-0.05, 0) is 31.2 Å². The van der Waals surface area contributed by atoms with E-state index in [1.54, 1.807) is 0 Å². The number of nitrogens with two attached hydrogens (primary N) is 1. The molecule has 134 valence electrons. The zero-order chi connectivity index (χ0) is 17.6. The molecule has 1 aromatic rings. The number of nitrogens with zero attached hydrogens (tertiary/aromatic N) is 1. The monoisotopic (exact) mass is 353 g/mol. The van der Waals surface area contributed by atoms with Gasteiger partial charge < -0.3 is 11.1 Å². The van der Waals surface area contributed by atoms with Crippen molar-refractivity contribution in [1.29, 1.82) is 0 Å². The summed E-state index contributed by atoms with van der Waals surface area (Å²) < 4.78 is 25.6. The van der Waals surface area contributed by atoms with Crippen LogP contribution in [-0.4, -0.2) is 49.6 Å². The quantitative estimate of drug-likeness (QED) is 0.761. The van der Waals surface area contributed by atoms with Gasteiger partial charge in [-0.1, -0.05) is 37.3 Å². The van der Waals surface area contributed by atoms with Crippen molar-refractivity contribution in [3.8, 4) is 0 Å². The Morgan fingerprint density at radius 2 is 1.92 bits per heavy atom. The Labute approximate surface area is 144 Å². The minimum absolute atomic E-state index is 0.00704. The number of carbonyl (C=O) groups is 1. The summed E-state index contributed by atoms with van der Waals surface area (Å²) in [6.45, 7) is 2.78. The van der Waals surface area contributed by atoms with Gasteiger partial charge in [0.1, 0.15) is 0 Å². The standard InChI is InChI=1S/C17H27N3O3S/c1-2-12-24(22,23)20-10-8-15(9-11-20)19-17(21)16(18)13-14-6-4-3-5-7-14/h3-7,15-16H,2,8-13,18H2,1H3,(H,19,21). The lowest BCUT2D eigenvalue weighted by Gasteiger charge is -2.32. The molecule has 1 aliphatic heterocycles. The van der Waals surface area contributed by atoms with Gasteiger partial charge in [0.15, 0.2) is 0 Å². The molecular formula is C17H27N3O3S. The van der Waals surface area contributed by atoms with E-state index < -0.39 is 16.1 Å². The van der Waals surface area contributed by atoms with Gasteiger partial charge in [-0.25, -0.2) is 12.7 Å². The van der Waals surface area contributed by atoms with Crippen molar-refractivity contribution in [2.24, 2.45) is 5.73 Å². The summed E-state index contributed by atoms with van der Waals surface area (Å²) >= 11 is 0. The Kier molecular flexibility index (Phi) is 6.77. The molecule has 1 fully saturated rings. The van der Waals surface area contributed by atoms with Gasteiger partial charge in [0.25, 0.3) is 0 Å². The number of hydrogen-bond donors (Lipinski definition) is 2. The molecule has 1 amide bonds. The first kappa shape index (κ1) is 18.9. The summed E-state index contributed by atoms with van der Waals surface area (Å²) in [7, 11) is -3.15. The van der Waals surface area contributed by atoms with Gasteiger partial charge in [0.05, 0.1) is 11.8 Å². The minimum atomic E-state index is -3.15. The van der Waals surface area contributed by atoms with Crippen LogP contribution >= 0.6 is 0 Å². The van der Waals surface area contributed by atoms with Gasteiger partial charge >= 0.3 is 0 Å². The number of hydrogen-bond acceptors (Lipinski definition) is 4. The molecule has 1 unspecified atom stereocenters. The summed E-state index contributed by atoms with van der Waals surface area (Å²) in [6, 6.07) is 9.07. The first-order valence-electron chi connectivity index (χ1n) is 8.50. The molecule has 2 rings (SSSR count). The van der Waals surface area contributed by atoms with E-state index in [9.17, 15) is 13.2 Å². The second-order valence-corrected chi connectivity index (χ2v) is 8.38. The van der Waals surface area contributed by atoms with Gasteiger partial charge in [-0.3, -0.25) is 4.79 Å². The second-order valence-electron chi connectivity index (χ2n) is 6.29. The third-order valence-corrected chi connectivity index (χ3v) is 6.37. The number of amides is 1. The molecule has 1 aromatic carbocycles. The number of piperidine rings is 1. The number of benzene rings is 1. The van der Waals surface area contributed by atoms with Crippen molar-refractivity contribution in [2.45, 2.75) is 44.7 Å². The van der Waals surface area contributed by atoms with Crippen LogP contribution in [0.3, 0.4) is 0 Å². The molecule has 6 nitrogen and oxygen atoms in total. The van der Waals surface area contributed by atoms with Crippen molar-refractivity contribution < 1.29 is 13.2 Å². The first-order valence-corrected chi connectivity index (χ1v) is 10.1. The number of carbonyl (C=O) groups excluding carboxylic acids is 1. The molecule has 0 spiro atoms. The molecule has 1 saturated heterocycles. The van der Waals surface area contributed by atoms with Crippen LogP contribution in [0.25, 0.3) is 0 Å². The lowest BCUT2D eigenvalue weighted by atomic mass is 10.0. The van der Waals surface area contributed by atoms with E-state index in [0.717, 1.165) is 5.56 Å². The van der Waals surface area contributed by atoms with Crippen molar-refractivity contribution in [3.05, 3.63) is 35.9 Å². The maximum Gasteiger partial charge on any atom is 0.237 e. The largest absolute Gasteiger partial charge is 0.352 e. The van der Waals surface area contributed by atoms with Crippen LogP contribution in [0.5, 0.6) is 0 Å².